The number of H-pyrrole nitrogens is 1. The molecule has 0 aliphatic carbocycles. The Morgan fingerprint density at radius 2 is 1.58 bits per heavy atom. The minimum absolute atomic E-state index is 0.00852. The number of hydrogen-bond acceptors (Lipinski definition) is 4. The number of amides is 2. The number of rotatable bonds is 5. The quantitative estimate of drug-likeness (QED) is 0.466. The third-order valence-corrected chi connectivity index (χ3v) is 7.33. The fraction of sp³-hybridized carbons (Fsp3) is 0.241. The van der Waals surface area contributed by atoms with Crippen LogP contribution in [0, 0.1) is 0 Å². The van der Waals surface area contributed by atoms with Gasteiger partial charge in [0, 0.05) is 40.7 Å². The summed E-state index contributed by atoms with van der Waals surface area (Å²) in [6.45, 7) is 0.327. The Hall–Kier alpha value is -4.26. The number of nitrogens with zero attached hydrogens (tertiary/aromatic N) is 2. The Bertz CT molecular complexity index is 1480. The molecule has 3 heterocycles. The lowest BCUT2D eigenvalue weighted by Gasteiger charge is -2.47. The molecule has 0 unspecified atom stereocenters. The summed E-state index contributed by atoms with van der Waals surface area (Å²) in [5.41, 5.74) is 4.74. The third-order valence-electron chi connectivity index (χ3n) is 7.33. The maximum Gasteiger partial charge on any atom is 0.246 e. The molecule has 1 N–H and O–H groups in total. The van der Waals surface area contributed by atoms with Gasteiger partial charge in [-0.25, -0.2) is 0 Å². The van der Waals surface area contributed by atoms with Gasteiger partial charge in [0.2, 0.25) is 11.8 Å². The molecule has 0 spiro atoms. The molecule has 2 aliphatic rings. The molecule has 0 radical (unpaired) electrons. The zero-order valence-electron chi connectivity index (χ0n) is 20.2. The maximum absolute atomic E-state index is 14.0. The number of hydrogen-bond donors (Lipinski definition) is 1. The average Bonchev–Trinajstić information content (AvgIpc) is 3.29. The number of benzene rings is 3. The third kappa shape index (κ3) is 3.42. The predicted octanol–water partition coefficient (Wildman–Crippen LogP) is 4.07. The van der Waals surface area contributed by atoms with Crippen LogP contribution in [0.15, 0.2) is 72.8 Å². The van der Waals surface area contributed by atoms with E-state index in [0.29, 0.717) is 24.5 Å². The molecule has 7 nitrogen and oxygen atoms in total. The first kappa shape index (κ1) is 22.2. The number of aromatic nitrogens is 1. The fourth-order valence-electron chi connectivity index (χ4n) is 5.71. The lowest BCUT2D eigenvalue weighted by molar-refractivity contribution is -0.159. The number of nitrogens with one attached hydrogen (secondary N) is 1. The summed E-state index contributed by atoms with van der Waals surface area (Å²) in [7, 11) is 3.24. The van der Waals surface area contributed by atoms with Crippen molar-refractivity contribution in [2.75, 3.05) is 20.8 Å². The number of piperazine rings is 1. The van der Waals surface area contributed by atoms with Crippen molar-refractivity contribution < 1.29 is 19.1 Å². The van der Waals surface area contributed by atoms with Crippen molar-refractivity contribution in [1.82, 2.24) is 14.8 Å². The highest BCUT2D eigenvalue weighted by Gasteiger charge is 2.48. The average molecular weight is 482 g/mol. The Morgan fingerprint density at radius 3 is 2.39 bits per heavy atom. The number of para-hydroxylation sites is 3. The molecule has 2 amide bonds. The Morgan fingerprint density at radius 1 is 0.889 bits per heavy atom. The van der Waals surface area contributed by atoms with Gasteiger partial charge in [-0.1, -0.05) is 54.6 Å². The van der Waals surface area contributed by atoms with Crippen LogP contribution in [0.3, 0.4) is 0 Å². The first-order chi connectivity index (χ1) is 17.6. The van der Waals surface area contributed by atoms with Crippen LogP contribution >= 0.6 is 0 Å². The second kappa shape index (κ2) is 8.75. The molecular weight excluding hydrogens is 454 g/mol. The molecule has 1 saturated heterocycles. The van der Waals surface area contributed by atoms with Gasteiger partial charge in [0.1, 0.15) is 30.1 Å². The summed E-state index contributed by atoms with van der Waals surface area (Å²) in [5.74, 6) is 1.24. The minimum atomic E-state index is -0.609. The highest BCUT2D eigenvalue weighted by Crippen LogP contribution is 2.45. The van der Waals surface area contributed by atoms with Gasteiger partial charge in [-0.2, -0.15) is 0 Å². The van der Waals surface area contributed by atoms with Crippen LogP contribution in [-0.4, -0.2) is 53.4 Å². The molecule has 2 aliphatic heterocycles. The zero-order valence-corrected chi connectivity index (χ0v) is 20.2. The van der Waals surface area contributed by atoms with Gasteiger partial charge in [0.05, 0.1) is 14.2 Å². The van der Waals surface area contributed by atoms with Crippen molar-refractivity contribution in [2.24, 2.45) is 0 Å². The highest BCUT2D eigenvalue weighted by atomic mass is 16.5. The van der Waals surface area contributed by atoms with Crippen LogP contribution in [0.2, 0.25) is 0 Å². The molecule has 0 bridgehead atoms. The summed E-state index contributed by atoms with van der Waals surface area (Å²) < 4.78 is 11.2. The molecular formula is C29H27N3O4. The first-order valence-corrected chi connectivity index (χ1v) is 12.0. The molecule has 2 atom stereocenters. The Labute approximate surface area is 209 Å². The van der Waals surface area contributed by atoms with Crippen molar-refractivity contribution in [3.63, 3.8) is 0 Å². The van der Waals surface area contributed by atoms with Gasteiger partial charge in [-0.05, 0) is 23.8 Å². The van der Waals surface area contributed by atoms with Crippen LogP contribution in [0.25, 0.3) is 10.9 Å². The summed E-state index contributed by atoms with van der Waals surface area (Å²) in [6.07, 6.45) is 0.456. The van der Waals surface area contributed by atoms with E-state index in [-0.39, 0.29) is 18.4 Å². The molecule has 1 fully saturated rings. The number of methoxy groups -OCH3 is 2. The molecule has 1 aromatic heterocycles. The standard InChI is InChI=1S/C29H27N3O4/c1-35-24-13-7-3-9-18(24)16-31-17-26(33)32-23(29(31)34)15-21-19-10-4-6-12-22(19)30-27(21)28(32)20-11-5-8-14-25(20)36-2/h3-14,23,28,30H,15-17H2,1-2H3/t23-,28-/m0/s1. The SMILES string of the molecule is COc1ccccc1CN1CC(=O)N2[C@@H](c3ccccc3OC)c3[nH]c4ccccc4c3C[C@H]2C1=O. The summed E-state index contributed by atoms with van der Waals surface area (Å²) in [5, 5.41) is 1.08. The van der Waals surface area contributed by atoms with Gasteiger partial charge in [0.15, 0.2) is 0 Å². The number of ether oxygens (including phenoxy) is 2. The Balaban J connectivity index is 1.47. The van der Waals surface area contributed by atoms with Crippen molar-refractivity contribution in [2.45, 2.75) is 25.0 Å². The topological polar surface area (TPSA) is 74.9 Å². The molecule has 3 aromatic carbocycles. The van der Waals surface area contributed by atoms with Crippen molar-refractivity contribution >= 4 is 22.7 Å². The van der Waals surface area contributed by atoms with Crippen molar-refractivity contribution in [3.05, 3.63) is 95.2 Å². The number of aromatic amines is 1. The second-order valence-corrected chi connectivity index (χ2v) is 9.23. The minimum Gasteiger partial charge on any atom is -0.496 e. The van der Waals surface area contributed by atoms with E-state index < -0.39 is 12.1 Å². The lowest BCUT2D eigenvalue weighted by atomic mass is 9.85. The first-order valence-electron chi connectivity index (χ1n) is 12.0. The zero-order chi connectivity index (χ0) is 24.8. The molecule has 7 heteroatoms. The maximum atomic E-state index is 14.0. The van der Waals surface area contributed by atoms with Gasteiger partial charge in [-0.15, -0.1) is 0 Å². The highest BCUT2D eigenvalue weighted by molar-refractivity contribution is 5.97. The van der Waals surface area contributed by atoms with E-state index in [0.717, 1.165) is 33.3 Å². The molecule has 4 aromatic rings. The molecule has 0 saturated carbocycles. The van der Waals surface area contributed by atoms with Gasteiger partial charge in [-0.3, -0.25) is 9.59 Å². The second-order valence-electron chi connectivity index (χ2n) is 9.23. The van der Waals surface area contributed by atoms with E-state index in [2.05, 4.69) is 11.1 Å². The molecule has 182 valence electrons. The van der Waals surface area contributed by atoms with Crippen LogP contribution in [0.1, 0.15) is 28.4 Å². The molecule has 36 heavy (non-hydrogen) atoms. The van der Waals surface area contributed by atoms with E-state index in [4.69, 9.17) is 9.47 Å². The van der Waals surface area contributed by atoms with Crippen LogP contribution < -0.4 is 9.47 Å². The van der Waals surface area contributed by atoms with E-state index >= 15 is 0 Å². The molecule has 6 rings (SSSR count). The van der Waals surface area contributed by atoms with Gasteiger partial charge in [0.25, 0.3) is 0 Å². The largest absolute Gasteiger partial charge is 0.496 e. The van der Waals surface area contributed by atoms with Crippen LogP contribution in [-0.2, 0) is 22.6 Å². The normalized spacial score (nSPS) is 19.3. The van der Waals surface area contributed by atoms with E-state index in [9.17, 15) is 9.59 Å². The Kier molecular flexibility index (Phi) is 5.40. The van der Waals surface area contributed by atoms with Crippen molar-refractivity contribution in [1.29, 1.82) is 0 Å². The summed E-state index contributed by atoms with van der Waals surface area (Å²) in [4.78, 5) is 34.7. The number of fused-ring (bicyclic) bond motifs is 4. The number of carbonyl (C=O) groups excluding carboxylic acids is 2. The van der Waals surface area contributed by atoms with E-state index in [1.165, 1.54) is 0 Å². The smallest absolute Gasteiger partial charge is 0.246 e. The number of carbonyl (C=O) groups is 2. The summed E-state index contributed by atoms with van der Waals surface area (Å²) >= 11 is 0. The van der Waals surface area contributed by atoms with E-state index in [1.54, 1.807) is 24.0 Å². The van der Waals surface area contributed by atoms with Gasteiger partial charge < -0.3 is 24.3 Å². The summed E-state index contributed by atoms with van der Waals surface area (Å²) in [6, 6.07) is 22.4. The van der Waals surface area contributed by atoms with Crippen LogP contribution in [0.4, 0.5) is 0 Å². The fourth-order valence-corrected chi connectivity index (χ4v) is 5.71. The lowest BCUT2D eigenvalue weighted by Crippen LogP contribution is -2.62. The van der Waals surface area contributed by atoms with Crippen LogP contribution in [0.5, 0.6) is 11.5 Å². The monoisotopic (exact) mass is 481 g/mol. The predicted molar refractivity (Wildman–Crippen MR) is 136 cm³/mol. The van der Waals surface area contributed by atoms with Crippen molar-refractivity contribution in [3.8, 4) is 11.5 Å². The van der Waals surface area contributed by atoms with Gasteiger partial charge >= 0.3 is 0 Å². The van der Waals surface area contributed by atoms with E-state index in [1.807, 2.05) is 66.7 Å².